The summed E-state index contributed by atoms with van der Waals surface area (Å²) in [5, 5.41) is 10.6. The number of hydrogen-bond acceptors (Lipinski definition) is 5. The molecule has 0 aromatic heterocycles. The normalized spacial score (nSPS) is 20.8. The Kier molecular flexibility index (Phi) is 5.88. The maximum Gasteiger partial charge on any atom is 0.414 e. The van der Waals surface area contributed by atoms with E-state index in [1.54, 1.807) is 24.3 Å². The fraction of sp³-hybridized carbons (Fsp3) is 0.526. The maximum absolute atomic E-state index is 12.2. The maximum atomic E-state index is 12.2. The smallest absolute Gasteiger partial charge is 0.414 e. The zero-order valence-corrected chi connectivity index (χ0v) is 14.9. The van der Waals surface area contributed by atoms with Gasteiger partial charge in [0, 0.05) is 23.7 Å². The van der Waals surface area contributed by atoms with Gasteiger partial charge in [0.1, 0.15) is 17.7 Å². The van der Waals surface area contributed by atoms with E-state index in [4.69, 9.17) is 15.9 Å². The van der Waals surface area contributed by atoms with Crippen LogP contribution in [0.4, 0.5) is 10.5 Å². The first-order valence-electron chi connectivity index (χ1n) is 9.20. The molecule has 1 saturated carbocycles. The molecule has 1 amide bonds. The summed E-state index contributed by atoms with van der Waals surface area (Å²) >= 11 is 0. The number of nitrogens with two attached hydrogens (primary N) is 1. The molecule has 3 rings (SSSR count). The molecule has 2 aliphatic rings. The van der Waals surface area contributed by atoms with E-state index in [-0.39, 0.29) is 23.6 Å². The van der Waals surface area contributed by atoms with Gasteiger partial charge in [-0.2, -0.15) is 0 Å². The number of amidine groups is 1. The Morgan fingerprint density at radius 2 is 2.08 bits per heavy atom. The van der Waals surface area contributed by atoms with Gasteiger partial charge < -0.3 is 15.8 Å². The van der Waals surface area contributed by atoms with Gasteiger partial charge in [0.25, 0.3) is 0 Å². The molecule has 1 aromatic carbocycles. The molecule has 0 bridgehead atoms. The Balaban J connectivity index is 1.49. The standard InChI is InChI=1S/C19H26N4O3/c20-18(21)14-7-4-8-15(9-14)23-12-16(26-19(23)25)10-22-11-17(24)13-5-2-1-3-6-13/h4,7-9,13,16,22H,1-3,5-6,10-12H2,(H3,20,21). The monoisotopic (exact) mass is 358 g/mol. The lowest BCUT2D eigenvalue weighted by Gasteiger charge is -2.20. The minimum Gasteiger partial charge on any atom is -0.443 e. The van der Waals surface area contributed by atoms with Gasteiger partial charge in [0.05, 0.1) is 13.1 Å². The number of Topliss-reactive ketones (excluding diaryl/α,β-unsaturated/α-hetero) is 1. The molecule has 0 radical (unpaired) electrons. The van der Waals surface area contributed by atoms with Crippen LogP contribution in [0.5, 0.6) is 0 Å². The Hall–Kier alpha value is -2.41. The molecular weight excluding hydrogens is 332 g/mol. The summed E-state index contributed by atoms with van der Waals surface area (Å²) in [7, 11) is 0. The Labute approximate surface area is 153 Å². The van der Waals surface area contributed by atoms with E-state index < -0.39 is 6.09 Å². The molecule has 1 unspecified atom stereocenters. The number of ether oxygens (including phenoxy) is 1. The van der Waals surface area contributed by atoms with Gasteiger partial charge in [-0.3, -0.25) is 15.1 Å². The number of nitrogens with zero attached hydrogens (tertiary/aromatic N) is 1. The van der Waals surface area contributed by atoms with Crippen LogP contribution >= 0.6 is 0 Å². The molecule has 1 aliphatic heterocycles. The van der Waals surface area contributed by atoms with Crippen molar-refractivity contribution in [1.82, 2.24) is 5.32 Å². The fourth-order valence-electron chi connectivity index (χ4n) is 3.61. The predicted octanol–water partition coefficient (Wildman–Crippen LogP) is 2.03. The highest BCUT2D eigenvalue weighted by atomic mass is 16.6. The number of nitrogen functional groups attached to an aromatic ring is 1. The lowest BCUT2D eigenvalue weighted by atomic mass is 9.86. The van der Waals surface area contributed by atoms with Crippen LogP contribution in [0.25, 0.3) is 0 Å². The summed E-state index contributed by atoms with van der Waals surface area (Å²) in [5.74, 6) is 0.409. The highest BCUT2D eigenvalue weighted by molar-refractivity contribution is 5.97. The van der Waals surface area contributed by atoms with Gasteiger partial charge in [-0.25, -0.2) is 4.79 Å². The largest absolute Gasteiger partial charge is 0.443 e. The molecule has 1 heterocycles. The number of cyclic esters (lactones) is 1. The van der Waals surface area contributed by atoms with Crippen molar-refractivity contribution in [1.29, 1.82) is 5.41 Å². The van der Waals surface area contributed by atoms with E-state index in [1.807, 2.05) is 0 Å². The van der Waals surface area contributed by atoms with Crippen molar-refractivity contribution in [2.24, 2.45) is 11.7 Å². The average Bonchev–Trinajstić information content (AvgIpc) is 3.03. The lowest BCUT2D eigenvalue weighted by Crippen LogP contribution is -2.36. The van der Waals surface area contributed by atoms with Crippen LogP contribution in [0.1, 0.15) is 37.7 Å². The number of carbonyl (C=O) groups is 2. The summed E-state index contributed by atoms with van der Waals surface area (Å²) in [4.78, 5) is 25.9. The molecule has 1 saturated heterocycles. The zero-order valence-electron chi connectivity index (χ0n) is 14.9. The van der Waals surface area contributed by atoms with E-state index in [2.05, 4.69) is 5.32 Å². The lowest BCUT2D eigenvalue weighted by molar-refractivity contribution is -0.122. The van der Waals surface area contributed by atoms with Crippen LogP contribution < -0.4 is 16.0 Å². The molecule has 1 aromatic rings. The van der Waals surface area contributed by atoms with Crippen molar-refractivity contribution < 1.29 is 14.3 Å². The molecule has 1 atom stereocenters. The van der Waals surface area contributed by atoms with Gasteiger partial charge >= 0.3 is 6.09 Å². The summed E-state index contributed by atoms with van der Waals surface area (Å²) < 4.78 is 5.38. The zero-order chi connectivity index (χ0) is 18.5. The molecule has 4 N–H and O–H groups in total. The molecule has 7 nitrogen and oxygen atoms in total. The minimum atomic E-state index is -0.420. The second-order valence-electron chi connectivity index (χ2n) is 7.01. The van der Waals surface area contributed by atoms with Crippen LogP contribution in [-0.2, 0) is 9.53 Å². The van der Waals surface area contributed by atoms with Crippen molar-refractivity contribution in [3.05, 3.63) is 29.8 Å². The van der Waals surface area contributed by atoms with Crippen molar-refractivity contribution >= 4 is 23.4 Å². The summed E-state index contributed by atoms with van der Waals surface area (Å²) in [6.45, 7) is 1.19. The van der Waals surface area contributed by atoms with Gasteiger partial charge in [-0.15, -0.1) is 0 Å². The quantitative estimate of drug-likeness (QED) is 0.510. The molecule has 2 fully saturated rings. The second kappa shape index (κ2) is 8.31. The highest BCUT2D eigenvalue weighted by Crippen LogP contribution is 2.24. The van der Waals surface area contributed by atoms with E-state index in [9.17, 15) is 9.59 Å². The SMILES string of the molecule is N=C(N)c1cccc(N2CC(CNCC(=O)C3CCCCC3)OC2=O)c1. The topological polar surface area (TPSA) is 109 Å². The Morgan fingerprint density at radius 1 is 1.31 bits per heavy atom. The number of rotatable bonds is 7. The number of anilines is 1. The Morgan fingerprint density at radius 3 is 2.81 bits per heavy atom. The number of benzene rings is 1. The molecule has 140 valence electrons. The van der Waals surface area contributed by atoms with Crippen LogP contribution in [0, 0.1) is 11.3 Å². The van der Waals surface area contributed by atoms with Crippen molar-refractivity contribution in [3.8, 4) is 0 Å². The Bertz CT molecular complexity index is 685. The number of ketones is 1. The van der Waals surface area contributed by atoms with Crippen LogP contribution in [0.15, 0.2) is 24.3 Å². The predicted molar refractivity (Wildman–Crippen MR) is 99.5 cm³/mol. The number of nitrogens with one attached hydrogen (secondary N) is 2. The first-order chi connectivity index (χ1) is 12.5. The molecule has 1 aliphatic carbocycles. The van der Waals surface area contributed by atoms with E-state index in [0.717, 1.165) is 25.7 Å². The number of amides is 1. The fourth-order valence-corrected chi connectivity index (χ4v) is 3.61. The minimum absolute atomic E-state index is 0.0427. The van der Waals surface area contributed by atoms with Crippen molar-refractivity contribution in [2.75, 3.05) is 24.5 Å². The van der Waals surface area contributed by atoms with Crippen LogP contribution in [0.2, 0.25) is 0 Å². The first-order valence-corrected chi connectivity index (χ1v) is 9.20. The highest BCUT2D eigenvalue weighted by Gasteiger charge is 2.32. The van der Waals surface area contributed by atoms with E-state index in [1.165, 1.54) is 11.3 Å². The van der Waals surface area contributed by atoms with Crippen molar-refractivity contribution in [3.63, 3.8) is 0 Å². The van der Waals surface area contributed by atoms with Gasteiger partial charge in [-0.1, -0.05) is 31.4 Å². The first kappa shape index (κ1) is 18.4. The van der Waals surface area contributed by atoms with Crippen LogP contribution in [-0.4, -0.2) is 43.5 Å². The summed E-state index contributed by atoms with van der Waals surface area (Å²) in [5.41, 5.74) is 6.73. The third-order valence-corrected chi connectivity index (χ3v) is 5.07. The van der Waals surface area contributed by atoms with E-state index in [0.29, 0.717) is 30.9 Å². The number of carbonyl (C=O) groups excluding carboxylic acids is 2. The third kappa shape index (κ3) is 4.40. The van der Waals surface area contributed by atoms with Gasteiger partial charge in [0.15, 0.2) is 0 Å². The molecule has 7 heteroatoms. The summed E-state index contributed by atoms with van der Waals surface area (Å²) in [6.07, 6.45) is 4.79. The molecule has 0 spiro atoms. The number of hydrogen-bond donors (Lipinski definition) is 3. The van der Waals surface area contributed by atoms with Gasteiger partial charge in [-0.05, 0) is 25.0 Å². The third-order valence-electron chi connectivity index (χ3n) is 5.07. The second-order valence-corrected chi connectivity index (χ2v) is 7.01. The summed E-state index contributed by atoms with van der Waals surface area (Å²) in [6, 6.07) is 6.97. The molecule has 26 heavy (non-hydrogen) atoms. The van der Waals surface area contributed by atoms with Crippen molar-refractivity contribution in [2.45, 2.75) is 38.2 Å². The molecular formula is C19H26N4O3. The average molecular weight is 358 g/mol. The van der Waals surface area contributed by atoms with Gasteiger partial charge in [0.2, 0.25) is 0 Å². The van der Waals surface area contributed by atoms with E-state index >= 15 is 0 Å². The van der Waals surface area contributed by atoms with Crippen LogP contribution in [0.3, 0.4) is 0 Å².